The van der Waals surface area contributed by atoms with Gasteiger partial charge < -0.3 is 15.2 Å². The molecule has 2 rings (SSSR count). The fourth-order valence-electron chi connectivity index (χ4n) is 2.37. The van der Waals surface area contributed by atoms with Crippen LogP contribution in [-0.4, -0.2) is 35.2 Å². The monoisotopic (exact) mass is 227 g/mol. The number of hydrogen-bond donors (Lipinski definition) is 2. The first-order valence-corrected chi connectivity index (χ1v) is 5.77. The average Bonchev–Trinajstić information content (AvgIpc) is 2.66. The average molecular weight is 227 g/mol. The zero-order chi connectivity index (χ0) is 11.6. The molecule has 0 bridgehead atoms. The summed E-state index contributed by atoms with van der Waals surface area (Å²) in [6.07, 6.45) is 3.81. The lowest BCUT2D eigenvalue weighted by molar-refractivity contribution is -0.141. The molecule has 1 atom stereocenters. The van der Waals surface area contributed by atoms with Crippen LogP contribution in [0.5, 0.6) is 0 Å². The number of nitrogens with one attached hydrogen (secondary N) is 1. The summed E-state index contributed by atoms with van der Waals surface area (Å²) in [5.74, 6) is -0.995. The van der Waals surface area contributed by atoms with E-state index in [2.05, 4.69) is 5.32 Å². The summed E-state index contributed by atoms with van der Waals surface area (Å²) in [5, 5.41) is 11.7. The molecule has 0 aromatic rings. The van der Waals surface area contributed by atoms with Crippen LogP contribution in [0, 0.1) is 0 Å². The molecule has 0 unspecified atom stereocenters. The van der Waals surface area contributed by atoms with Gasteiger partial charge in [0.25, 0.3) is 0 Å². The van der Waals surface area contributed by atoms with Crippen molar-refractivity contribution in [2.75, 3.05) is 6.61 Å². The van der Waals surface area contributed by atoms with Crippen LogP contribution in [-0.2, 0) is 14.3 Å². The predicted molar refractivity (Wildman–Crippen MR) is 56.0 cm³/mol. The largest absolute Gasteiger partial charge is 0.481 e. The fraction of sp³-hybridized carbons (Fsp3) is 0.818. The summed E-state index contributed by atoms with van der Waals surface area (Å²) in [6.45, 7) is 0.629. The second-order valence-electron chi connectivity index (χ2n) is 4.70. The Hall–Kier alpha value is -1.10. The van der Waals surface area contributed by atoms with Crippen LogP contribution in [0.1, 0.15) is 38.5 Å². The van der Waals surface area contributed by atoms with Gasteiger partial charge in [0, 0.05) is 6.61 Å². The van der Waals surface area contributed by atoms with Crippen LogP contribution in [0.15, 0.2) is 0 Å². The Morgan fingerprint density at radius 2 is 2.12 bits per heavy atom. The summed E-state index contributed by atoms with van der Waals surface area (Å²) in [5.41, 5.74) is -0.505. The van der Waals surface area contributed by atoms with E-state index in [0.717, 1.165) is 32.1 Å². The molecular weight excluding hydrogens is 210 g/mol. The first-order valence-electron chi connectivity index (χ1n) is 5.77. The lowest BCUT2D eigenvalue weighted by Gasteiger charge is -2.41. The van der Waals surface area contributed by atoms with E-state index in [1.165, 1.54) is 0 Å². The van der Waals surface area contributed by atoms with Crippen molar-refractivity contribution in [2.24, 2.45) is 0 Å². The maximum atomic E-state index is 11.8. The molecule has 1 saturated heterocycles. The number of carboxylic acid groups (broad SMARTS) is 1. The molecule has 1 amide bonds. The number of carbonyl (C=O) groups is 2. The Balaban J connectivity index is 1.90. The van der Waals surface area contributed by atoms with Crippen LogP contribution < -0.4 is 5.32 Å². The van der Waals surface area contributed by atoms with E-state index in [9.17, 15) is 9.59 Å². The minimum atomic E-state index is -0.854. The van der Waals surface area contributed by atoms with Crippen molar-refractivity contribution in [2.45, 2.75) is 50.2 Å². The van der Waals surface area contributed by atoms with Gasteiger partial charge in [0.05, 0.1) is 12.0 Å². The molecule has 2 aliphatic rings. The molecule has 16 heavy (non-hydrogen) atoms. The molecule has 2 fully saturated rings. The molecular formula is C11H17NO4. The molecule has 1 aliphatic heterocycles. The number of ether oxygens (including phenoxy) is 1. The number of hydrogen-bond acceptors (Lipinski definition) is 3. The standard InChI is InChI=1S/C11H17NO4/c13-9(14)7-11(4-2-5-11)12-10(15)8-3-1-6-16-8/h8H,1-7H2,(H,12,15)(H,13,14)/t8-/m1/s1. The quantitative estimate of drug-likeness (QED) is 0.740. The number of aliphatic carboxylic acids is 1. The van der Waals surface area contributed by atoms with E-state index in [1.807, 2.05) is 0 Å². The number of amides is 1. The van der Waals surface area contributed by atoms with Crippen molar-refractivity contribution >= 4 is 11.9 Å². The van der Waals surface area contributed by atoms with Gasteiger partial charge in [-0.05, 0) is 32.1 Å². The molecule has 1 heterocycles. The highest BCUT2D eigenvalue weighted by Gasteiger charge is 2.41. The van der Waals surface area contributed by atoms with Gasteiger partial charge >= 0.3 is 5.97 Å². The summed E-state index contributed by atoms with van der Waals surface area (Å²) in [4.78, 5) is 22.5. The van der Waals surface area contributed by atoms with Crippen LogP contribution in [0.4, 0.5) is 0 Å². The smallest absolute Gasteiger partial charge is 0.305 e. The number of carbonyl (C=O) groups excluding carboxylic acids is 1. The van der Waals surface area contributed by atoms with Crippen molar-refractivity contribution in [3.8, 4) is 0 Å². The predicted octanol–water partition coefficient (Wildman–Crippen LogP) is 0.679. The van der Waals surface area contributed by atoms with Gasteiger partial charge in [0.1, 0.15) is 6.10 Å². The Labute approximate surface area is 94.2 Å². The maximum absolute atomic E-state index is 11.8. The van der Waals surface area contributed by atoms with E-state index in [-0.39, 0.29) is 18.4 Å². The van der Waals surface area contributed by atoms with E-state index >= 15 is 0 Å². The second-order valence-corrected chi connectivity index (χ2v) is 4.70. The Morgan fingerprint density at radius 1 is 1.38 bits per heavy atom. The first kappa shape index (κ1) is 11.4. The van der Waals surface area contributed by atoms with Gasteiger partial charge in [0.15, 0.2) is 0 Å². The van der Waals surface area contributed by atoms with Crippen molar-refractivity contribution in [3.05, 3.63) is 0 Å². The molecule has 0 aromatic carbocycles. The van der Waals surface area contributed by atoms with Crippen LogP contribution in [0.3, 0.4) is 0 Å². The van der Waals surface area contributed by atoms with E-state index in [4.69, 9.17) is 9.84 Å². The highest BCUT2D eigenvalue weighted by atomic mass is 16.5. The Bertz CT molecular complexity index is 292. The maximum Gasteiger partial charge on any atom is 0.305 e. The first-order chi connectivity index (χ1) is 7.61. The molecule has 5 heteroatoms. The molecule has 5 nitrogen and oxygen atoms in total. The van der Waals surface area contributed by atoms with Crippen LogP contribution in [0.2, 0.25) is 0 Å². The minimum Gasteiger partial charge on any atom is -0.481 e. The lowest BCUT2D eigenvalue weighted by Crippen LogP contribution is -2.56. The molecule has 0 radical (unpaired) electrons. The highest BCUT2D eigenvalue weighted by molar-refractivity contribution is 5.82. The zero-order valence-electron chi connectivity index (χ0n) is 9.20. The van der Waals surface area contributed by atoms with Gasteiger partial charge in [-0.3, -0.25) is 9.59 Å². The normalized spacial score (nSPS) is 27.1. The number of rotatable bonds is 4. The second kappa shape index (κ2) is 4.41. The molecule has 0 aromatic heterocycles. The summed E-state index contributed by atoms with van der Waals surface area (Å²) in [6, 6.07) is 0. The molecule has 90 valence electrons. The van der Waals surface area contributed by atoms with Gasteiger partial charge in [-0.1, -0.05) is 0 Å². The third-order valence-electron chi connectivity index (χ3n) is 3.41. The van der Waals surface area contributed by atoms with Gasteiger partial charge in [0.2, 0.25) is 5.91 Å². The van der Waals surface area contributed by atoms with Gasteiger partial charge in [-0.2, -0.15) is 0 Å². The van der Waals surface area contributed by atoms with Crippen LogP contribution >= 0.6 is 0 Å². The number of carboxylic acids is 1. The van der Waals surface area contributed by atoms with Crippen LogP contribution in [0.25, 0.3) is 0 Å². The third kappa shape index (κ3) is 2.35. The van der Waals surface area contributed by atoms with Crippen molar-refractivity contribution in [1.82, 2.24) is 5.32 Å². The van der Waals surface area contributed by atoms with Gasteiger partial charge in [-0.25, -0.2) is 0 Å². The van der Waals surface area contributed by atoms with Gasteiger partial charge in [-0.15, -0.1) is 0 Å². The summed E-state index contributed by atoms with van der Waals surface area (Å²) >= 11 is 0. The lowest BCUT2D eigenvalue weighted by atomic mass is 9.74. The molecule has 1 aliphatic carbocycles. The van der Waals surface area contributed by atoms with E-state index in [0.29, 0.717) is 6.61 Å². The molecule has 2 N–H and O–H groups in total. The zero-order valence-corrected chi connectivity index (χ0v) is 9.20. The van der Waals surface area contributed by atoms with Crippen molar-refractivity contribution < 1.29 is 19.4 Å². The highest BCUT2D eigenvalue weighted by Crippen LogP contribution is 2.35. The van der Waals surface area contributed by atoms with E-state index in [1.54, 1.807) is 0 Å². The third-order valence-corrected chi connectivity index (χ3v) is 3.41. The molecule has 1 saturated carbocycles. The SMILES string of the molecule is O=C(O)CC1(NC(=O)[C@H]2CCCO2)CCC1. The minimum absolute atomic E-state index is 0.0193. The van der Waals surface area contributed by atoms with Crippen molar-refractivity contribution in [3.63, 3.8) is 0 Å². The summed E-state index contributed by atoms with van der Waals surface area (Å²) < 4.78 is 5.27. The topological polar surface area (TPSA) is 75.6 Å². The molecule has 0 spiro atoms. The summed E-state index contributed by atoms with van der Waals surface area (Å²) in [7, 11) is 0. The van der Waals surface area contributed by atoms with E-state index < -0.39 is 11.5 Å². The fourth-order valence-corrected chi connectivity index (χ4v) is 2.37. The van der Waals surface area contributed by atoms with Crippen molar-refractivity contribution in [1.29, 1.82) is 0 Å². The Kier molecular flexibility index (Phi) is 3.14. The Morgan fingerprint density at radius 3 is 2.56 bits per heavy atom.